The lowest BCUT2D eigenvalue weighted by atomic mass is 9.97. The summed E-state index contributed by atoms with van der Waals surface area (Å²) in [4.78, 5) is 9.45. The van der Waals surface area contributed by atoms with Crippen molar-refractivity contribution in [3.63, 3.8) is 0 Å². The number of nitrogens with one attached hydrogen (secondary N) is 1. The molecule has 1 rings (SSSR count). The first-order valence-corrected chi connectivity index (χ1v) is 7.98. The quantitative estimate of drug-likeness (QED) is 0.800. The van der Waals surface area contributed by atoms with E-state index in [1.807, 2.05) is 0 Å². The molecule has 21 heavy (non-hydrogen) atoms. The van der Waals surface area contributed by atoms with Crippen LogP contribution < -0.4 is 5.32 Å². The highest BCUT2D eigenvalue weighted by molar-refractivity contribution is 5.26. The fourth-order valence-electron chi connectivity index (χ4n) is 2.48. The van der Waals surface area contributed by atoms with Gasteiger partial charge >= 0.3 is 0 Å². The van der Waals surface area contributed by atoms with Crippen LogP contribution in [0.15, 0.2) is 0 Å². The molecular weight excluding hydrogens is 262 g/mol. The fourth-order valence-corrected chi connectivity index (χ4v) is 2.48. The second kappa shape index (κ2) is 7.85. The molecule has 0 fully saturated rings. The van der Waals surface area contributed by atoms with Crippen LogP contribution in [0.4, 0.5) is 0 Å². The average molecular weight is 293 g/mol. The number of hydrogen-bond donors (Lipinski definition) is 1. The number of aromatic nitrogens is 2. The summed E-state index contributed by atoms with van der Waals surface area (Å²) in [5, 5.41) is 3.40. The highest BCUT2D eigenvalue weighted by atomic mass is 16.5. The normalized spacial score (nSPS) is 15.8. The van der Waals surface area contributed by atoms with E-state index in [0.29, 0.717) is 5.92 Å². The molecule has 2 atom stereocenters. The molecule has 0 aliphatic carbocycles. The number of aryl methyl sites for hydroxylation is 2. The van der Waals surface area contributed by atoms with Gasteiger partial charge in [0.25, 0.3) is 0 Å². The first-order valence-electron chi connectivity index (χ1n) is 7.98. The van der Waals surface area contributed by atoms with E-state index in [4.69, 9.17) is 14.7 Å². The predicted molar refractivity (Wildman–Crippen MR) is 87.6 cm³/mol. The highest BCUT2D eigenvalue weighted by Crippen LogP contribution is 2.27. The van der Waals surface area contributed by atoms with Gasteiger partial charge in [-0.2, -0.15) is 0 Å². The third-order valence-corrected chi connectivity index (χ3v) is 4.31. The second-order valence-corrected chi connectivity index (χ2v) is 6.10. The Morgan fingerprint density at radius 2 is 1.76 bits per heavy atom. The lowest BCUT2D eigenvalue weighted by Gasteiger charge is -2.26. The van der Waals surface area contributed by atoms with Crippen LogP contribution in [0.1, 0.15) is 56.9 Å². The van der Waals surface area contributed by atoms with Crippen LogP contribution >= 0.6 is 0 Å². The van der Waals surface area contributed by atoms with E-state index < -0.39 is 5.60 Å². The molecule has 120 valence electrons. The summed E-state index contributed by atoms with van der Waals surface area (Å²) < 4.78 is 5.62. The maximum absolute atomic E-state index is 5.62. The standard InChI is InChI=1S/C17H31N3O/c1-8-17(6,21-7)16-19-13(4)15(14(5)20-16)10-12(3)11-18-9-2/h12,18H,8-11H2,1-7H3. The summed E-state index contributed by atoms with van der Waals surface area (Å²) in [6, 6.07) is 0. The molecule has 1 aromatic rings. The first kappa shape index (κ1) is 18.1. The van der Waals surface area contributed by atoms with Crippen molar-refractivity contribution < 1.29 is 4.74 Å². The summed E-state index contributed by atoms with van der Waals surface area (Å²) >= 11 is 0. The molecule has 0 radical (unpaired) electrons. The average Bonchev–Trinajstić information content (AvgIpc) is 2.47. The fraction of sp³-hybridized carbons (Fsp3) is 0.765. The Hall–Kier alpha value is -1.00. The zero-order chi connectivity index (χ0) is 16.0. The molecule has 0 saturated carbocycles. The Balaban J connectivity index is 3.00. The molecule has 0 spiro atoms. The first-order chi connectivity index (χ1) is 9.87. The van der Waals surface area contributed by atoms with Crippen LogP contribution in [0.3, 0.4) is 0 Å². The largest absolute Gasteiger partial charge is 0.371 e. The van der Waals surface area contributed by atoms with Crippen LogP contribution in [0.5, 0.6) is 0 Å². The van der Waals surface area contributed by atoms with Gasteiger partial charge in [-0.15, -0.1) is 0 Å². The Bertz CT molecular complexity index is 432. The Morgan fingerprint density at radius 1 is 1.19 bits per heavy atom. The summed E-state index contributed by atoms with van der Waals surface area (Å²) in [5.74, 6) is 1.38. The van der Waals surface area contributed by atoms with Crippen LogP contribution in [-0.2, 0) is 16.8 Å². The highest BCUT2D eigenvalue weighted by Gasteiger charge is 2.28. The minimum Gasteiger partial charge on any atom is -0.371 e. The van der Waals surface area contributed by atoms with Gasteiger partial charge < -0.3 is 10.1 Å². The van der Waals surface area contributed by atoms with Crippen molar-refractivity contribution in [2.24, 2.45) is 5.92 Å². The van der Waals surface area contributed by atoms with Gasteiger partial charge in [0.05, 0.1) is 0 Å². The van der Waals surface area contributed by atoms with E-state index in [1.54, 1.807) is 7.11 Å². The summed E-state index contributed by atoms with van der Waals surface area (Å²) in [6.45, 7) is 14.8. The van der Waals surface area contributed by atoms with Gasteiger partial charge in [-0.05, 0) is 58.2 Å². The molecule has 1 aromatic heterocycles. The van der Waals surface area contributed by atoms with Crippen LogP contribution in [0.2, 0.25) is 0 Å². The van der Waals surface area contributed by atoms with Gasteiger partial charge in [-0.1, -0.05) is 20.8 Å². The van der Waals surface area contributed by atoms with Crippen LogP contribution in [-0.4, -0.2) is 30.2 Å². The van der Waals surface area contributed by atoms with Crippen molar-refractivity contribution in [3.05, 3.63) is 22.8 Å². The van der Waals surface area contributed by atoms with Gasteiger partial charge in [0.2, 0.25) is 0 Å². The van der Waals surface area contributed by atoms with Gasteiger partial charge in [0.15, 0.2) is 5.82 Å². The number of ether oxygens (including phenoxy) is 1. The summed E-state index contributed by atoms with van der Waals surface area (Å²) in [5.41, 5.74) is 3.04. The maximum atomic E-state index is 5.62. The SMILES string of the molecule is CCNCC(C)Cc1c(C)nc(C(C)(CC)OC)nc1C. The van der Waals surface area contributed by atoms with Crippen molar-refractivity contribution >= 4 is 0 Å². The summed E-state index contributed by atoms with van der Waals surface area (Å²) in [6.07, 6.45) is 1.87. The van der Waals surface area contributed by atoms with Gasteiger partial charge in [0, 0.05) is 18.5 Å². The number of hydrogen-bond acceptors (Lipinski definition) is 4. The smallest absolute Gasteiger partial charge is 0.160 e. The van der Waals surface area contributed by atoms with Crippen molar-refractivity contribution in [1.82, 2.24) is 15.3 Å². The number of methoxy groups -OCH3 is 1. The minimum absolute atomic E-state index is 0.399. The zero-order valence-electron chi connectivity index (χ0n) is 14.7. The molecule has 1 N–H and O–H groups in total. The van der Waals surface area contributed by atoms with E-state index in [9.17, 15) is 0 Å². The lowest BCUT2D eigenvalue weighted by molar-refractivity contribution is -0.00928. The Morgan fingerprint density at radius 3 is 2.19 bits per heavy atom. The van der Waals surface area contributed by atoms with E-state index >= 15 is 0 Å². The molecule has 4 heteroatoms. The Kier molecular flexibility index (Phi) is 6.75. The van der Waals surface area contributed by atoms with Gasteiger partial charge in [-0.3, -0.25) is 0 Å². The lowest BCUT2D eigenvalue weighted by Crippen LogP contribution is -2.28. The van der Waals surface area contributed by atoms with E-state index in [2.05, 4.69) is 46.9 Å². The van der Waals surface area contributed by atoms with E-state index in [-0.39, 0.29) is 0 Å². The second-order valence-electron chi connectivity index (χ2n) is 6.10. The zero-order valence-corrected chi connectivity index (χ0v) is 14.7. The molecule has 0 aromatic carbocycles. The minimum atomic E-state index is -0.399. The molecule has 0 aliphatic rings. The molecule has 0 saturated heterocycles. The third-order valence-electron chi connectivity index (χ3n) is 4.31. The molecule has 1 heterocycles. The van der Waals surface area contributed by atoms with Crippen LogP contribution in [0, 0.1) is 19.8 Å². The Labute approximate surface area is 129 Å². The van der Waals surface area contributed by atoms with Crippen LogP contribution in [0.25, 0.3) is 0 Å². The maximum Gasteiger partial charge on any atom is 0.160 e. The molecule has 0 bridgehead atoms. The molecule has 4 nitrogen and oxygen atoms in total. The molecular formula is C17H31N3O. The van der Waals surface area contributed by atoms with Gasteiger partial charge in [-0.25, -0.2) is 9.97 Å². The van der Waals surface area contributed by atoms with Gasteiger partial charge in [0.1, 0.15) is 5.60 Å². The monoisotopic (exact) mass is 293 g/mol. The van der Waals surface area contributed by atoms with Crippen molar-refractivity contribution in [3.8, 4) is 0 Å². The van der Waals surface area contributed by atoms with Crippen molar-refractivity contribution in [2.45, 2.75) is 60.0 Å². The number of rotatable bonds is 8. The third kappa shape index (κ3) is 4.48. The van der Waals surface area contributed by atoms with Crippen molar-refractivity contribution in [1.29, 1.82) is 0 Å². The molecule has 0 amide bonds. The summed E-state index contributed by atoms with van der Waals surface area (Å²) in [7, 11) is 1.73. The van der Waals surface area contributed by atoms with E-state index in [1.165, 1.54) is 5.56 Å². The topological polar surface area (TPSA) is 47.0 Å². The van der Waals surface area contributed by atoms with E-state index in [0.717, 1.165) is 43.1 Å². The number of nitrogens with zero attached hydrogens (tertiary/aromatic N) is 2. The predicted octanol–water partition coefficient (Wildman–Crippen LogP) is 3.15. The molecule has 0 aliphatic heterocycles. The van der Waals surface area contributed by atoms with Crippen molar-refractivity contribution in [2.75, 3.05) is 20.2 Å². The molecule has 2 unspecified atom stereocenters.